The minimum Gasteiger partial charge on any atom is -0.740 e. The molecule has 1 unspecified atom stereocenters. The second kappa shape index (κ2) is 5.52. The van der Waals surface area contributed by atoms with Gasteiger partial charge in [-0.25, -0.2) is 4.21 Å². The molecule has 0 bridgehead atoms. The maximum atomic E-state index is 10.6. The number of nitrogens with two attached hydrogens (primary N) is 1. The van der Waals surface area contributed by atoms with Gasteiger partial charge in [-0.05, 0) is 30.3 Å². The first-order chi connectivity index (χ1) is 8.65. The van der Waals surface area contributed by atoms with Gasteiger partial charge in [-0.3, -0.25) is 0 Å². The Labute approximate surface area is 107 Å². The van der Waals surface area contributed by atoms with Crippen LogP contribution < -0.4 is 15.2 Å². The molecule has 0 saturated carbocycles. The lowest BCUT2D eigenvalue weighted by molar-refractivity contribution is 0.441. The summed E-state index contributed by atoms with van der Waals surface area (Å²) >= 11 is -2.62. The van der Waals surface area contributed by atoms with E-state index in [2.05, 4.69) is 9.50 Å². The van der Waals surface area contributed by atoms with E-state index in [9.17, 15) is 8.76 Å². The van der Waals surface area contributed by atoms with Crippen molar-refractivity contribution in [3.63, 3.8) is 0 Å². The lowest BCUT2D eigenvalue weighted by Crippen LogP contribution is -2.02. The zero-order valence-corrected chi connectivity index (χ0v) is 10.1. The molecule has 0 heterocycles. The largest absolute Gasteiger partial charge is 0.740 e. The van der Waals surface area contributed by atoms with Crippen LogP contribution in [0.3, 0.4) is 0 Å². The van der Waals surface area contributed by atoms with Crippen molar-refractivity contribution >= 4 is 28.4 Å². The van der Waals surface area contributed by atoms with Gasteiger partial charge in [-0.1, -0.05) is 18.2 Å². The van der Waals surface area contributed by atoms with Gasteiger partial charge in [0.15, 0.2) is 5.75 Å². The van der Waals surface area contributed by atoms with Crippen molar-refractivity contribution in [1.29, 1.82) is 0 Å². The zero-order chi connectivity index (χ0) is 13.0. The van der Waals surface area contributed by atoms with E-state index in [-0.39, 0.29) is 5.75 Å². The molecule has 1 atom stereocenters. The monoisotopic (exact) mass is 263 g/mol. The van der Waals surface area contributed by atoms with Crippen LogP contribution in [0, 0.1) is 0 Å². The molecule has 5 nitrogen and oxygen atoms in total. The Morgan fingerprint density at radius 2 is 1.89 bits per heavy atom. The maximum absolute atomic E-state index is 10.6. The molecule has 0 aliphatic rings. The number of para-hydroxylation sites is 1. The molecule has 0 amide bonds. The predicted octanol–water partition coefficient (Wildman–Crippen LogP) is 2.19. The smallest absolute Gasteiger partial charge is 0.162 e. The molecule has 0 aromatic heterocycles. The summed E-state index contributed by atoms with van der Waals surface area (Å²) in [5, 5.41) is 3.04. The summed E-state index contributed by atoms with van der Waals surface area (Å²) < 4.78 is 25.8. The van der Waals surface area contributed by atoms with Crippen LogP contribution in [0.25, 0.3) is 0 Å². The highest BCUT2D eigenvalue weighted by molar-refractivity contribution is 7.74. The Balaban J connectivity index is 2.30. The van der Waals surface area contributed by atoms with Gasteiger partial charge in [0.05, 0.1) is 5.69 Å². The normalized spacial score (nSPS) is 11.8. The highest BCUT2D eigenvalue weighted by atomic mass is 32.2. The molecular weight excluding hydrogens is 252 g/mol. The highest BCUT2D eigenvalue weighted by Gasteiger charge is 2.05. The van der Waals surface area contributed by atoms with Crippen molar-refractivity contribution in [2.45, 2.75) is 0 Å². The van der Waals surface area contributed by atoms with E-state index in [0.29, 0.717) is 11.4 Å². The van der Waals surface area contributed by atoms with E-state index < -0.39 is 11.4 Å². The van der Waals surface area contributed by atoms with E-state index >= 15 is 0 Å². The molecule has 2 aromatic rings. The SMILES string of the molecule is Nc1ccc(OS(=O)[O-])c(Nc2ccccc2)c1. The number of nitrogen functional groups attached to an aromatic ring is 1. The molecular formula is C12H11N2O3S-. The molecule has 3 N–H and O–H groups in total. The Morgan fingerprint density at radius 3 is 2.56 bits per heavy atom. The van der Waals surface area contributed by atoms with E-state index in [0.717, 1.165) is 5.69 Å². The van der Waals surface area contributed by atoms with Gasteiger partial charge in [0.1, 0.15) is 11.4 Å². The average molecular weight is 263 g/mol. The molecule has 94 valence electrons. The van der Waals surface area contributed by atoms with E-state index in [1.54, 1.807) is 12.1 Å². The molecule has 2 rings (SSSR count). The van der Waals surface area contributed by atoms with Crippen LogP contribution in [0.2, 0.25) is 0 Å². The second-order valence-electron chi connectivity index (χ2n) is 3.53. The fourth-order valence-electron chi connectivity index (χ4n) is 1.47. The van der Waals surface area contributed by atoms with Crippen LogP contribution in [0.15, 0.2) is 48.5 Å². The molecule has 0 fully saturated rings. The molecule has 6 heteroatoms. The average Bonchev–Trinajstić information content (AvgIpc) is 2.33. The van der Waals surface area contributed by atoms with Gasteiger partial charge < -0.3 is 19.8 Å². The van der Waals surface area contributed by atoms with E-state index in [4.69, 9.17) is 5.73 Å². The maximum Gasteiger partial charge on any atom is 0.162 e. The molecule has 0 aliphatic heterocycles. The Morgan fingerprint density at radius 1 is 1.17 bits per heavy atom. The van der Waals surface area contributed by atoms with Crippen LogP contribution in [-0.2, 0) is 11.4 Å². The molecule has 0 saturated heterocycles. The fourth-order valence-corrected chi connectivity index (χ4v) is 1.76. The third-order valence-corrected chi connectivity index (χ3v) is 2.53. The first kappa shape index (κ1) is 12.4. The van der Waals surface area contributed by atoms with Gasteiger partial charge in [-0.2, -0.15) is 0 Å². The van der Waals surface area contributed by atoms with Gasteiger partial charge in [0, 0.05) is 11.4 Å². The summed E-state index contributed by atoms with van der Waals surface area (Å²) in [6.45, 7) is 0. The number of anilines is 3. The predicted molar refractivity (Wildman–Crippen MR) is 70.1 cm³/mol. The highest BCUT2D eigenvalue weighted by Crippen LogP contribution is 2.30. The van der Waals surface area contributed by atoms with Crippen LogP contribution >= 0.6 is 0 Å². The Hall–Kier alpha value is -2.05. The number of hydrogen-bond donors (Lipinski definition) is 2. The third-order valence-electron chi connectivity index (χ3n) is 2.21. The van der Waals surface area contributed by atoms with Crippen molar-refractivity contribution in [1.82, 2.24) is 0 Å². The van der Waals surface area contributed by atoms with Crippen molar-refractivity contribution in [2.75, 3.05) is 11.1 Å². The Bertz CT molecular complexity index is 561. The number of rotatable bonds is 4. The molecule has 0 aliphatic carbocycles. The topological polar surface area (TPSA) is 87.4 Å². The summed E-state index contributed by atoms with van der Waals surface area (Å²) in [5.74, 6) is 0.196. The number of hydrogen-bond acceptors (Lipinski definition) is 5. The summed E-state index contributed by atoms with van der Waals surface area (Å²) in [5.41, 5.74) is 7.47. The minimum atomic E-state index is -2.62. The van der Waals surface area contributed by atoms with Crippen LogP contribution in [0.5, 0.6) is 5.75 Å². The standard InChI is InChI=1S/C12H12N2O3S/c13-9-6-7-12(17-18(15)16)11(8-9)14-10-4-2-1-3-5-10/h1-8,14H,13H2,(H,15,16)/p-1. The van der Waals surface area contributed by atoms with Crippen LogP contribution in [0.4, 0.5) is 17.1 Å². The lowest BCUT2D eigenvalue weighted by Gasteiger charge is -2.14. The van der Waals surface area contributed by atoms with E-state index in [1.165, 1.54) is 6.07 Å². The Kier molecular flexibility index (Phi) is 3.81. The van der Waals surface area contributed by atoms with Gasteiger partial charge in [0.2, 0.25) is 0 Å². The molecule has 2 aromatic carbocycles. The molecule has 18 heavy (non-hydrogen) atoms. The first-order valence-electron chi connectivity index (χ1n) is 5.14. The molecule has 0 spiro atoms. The van der Waals surface area contributed by atoms with Crippen molar-refractivity contribution in [2.24, 2.45) is 0 Å². The van der Waals surface area contributed by atoms with Gasteiger partial charge in [0.25, 0.3) is 0 Å². The second-order valence-corrected chi connectivity index (χ2v) is 4.11. The molecule has 0 radical (unpaired) electrons. The van der Waals surface area contributed by atoms with Crippen molar-refractivity contribution < 1.29 is 12.9 Å². The zero-order valence-electron chi connectivity index (χ0n) is 9.33. The summed E-state index contributed by atoms with van der Waals surface area (Å²) in [6.07, 6.45) is 0. The van der Waals surface area contributed by atoms with Crippen molar-refractivity contribution in [3.05, 3.63) is 48.5 Å². The van der Waals surface area contributed by atoms with E-state index in [1.807, 2.05) is 30.3 Å². The lowest BCUT2D eigenvalue weighted by atomic mass is 10.2. The number of benzene rings is 2. The fraction of sp³-hybridized carbons (Fsp3) is 0. The summed E-state index contributed by atoms with van der Waals surface area (Å²) in [6, 6.07) is 14.0. The number of nitrogens with one attached hydrogen (secondary N) is 1. The quantitative estimate of drug-likeness (QED) is 0.652. The van der Waals surface area contributed by atoms with Crippen LogP contribution in [0.1, 0.15) is 0 Å². The van der Waals surface area contributed by atoms with Crippen molar-refractivity contribution in [3.8, 4) is 5.75 Å². The third kappa shape index (κ3) is 3.22. The van der Waals surface area contributed by atoms with Gasteiger partial charge in [-0.15, -0.1) is 0 Å². The minimum absolute atomic E-state index is 0.196. The first-order valence-corrected chi connectivity index (χ1v) is 6.14. The summed E-state index contributed by atoms with van der Waals surface area (Å²) in [4.78, 5) is 0. The van der Waals surface area contributed by atoms with Crippen LogP contribution in [-0.4, -0.2) is 8.76 Å². The van der Waals surface area contributed by atoms with Gasteiger partial charge >= 0.3 is 0 Å². The summed E-state index contributed by atoms with van der Waals surface area (Å²) in [7, 11) is 0.